The third kappa shape index (κ3) is 5.35. The predicted molar refractivity (Wildman–Crippen MR) is 61.6 cm³/mol. The molecule has 0 heterocycles. The molecule has 0 bridgehead atoms. The summed E-state index contributed by atoms with van der Waals surface area (Å²) in [6.07, 6.45) is 1.50. The average Bonchev–Trinajstić information content (AvgIpc) is 2.26. The molecule has 0 amide bonds. The van der Waals surface area contributed by atoms with Gasteiger partial charge in [-0.25, -0.2) is 0 Å². The van der Waals surface area contributed by atoms with Gasteiger partial charge in [-0.1, -0.05) is 42.5 Å². The molecule has 0 atom stereocenters. The Morgan fingerprint density at radius 2 is 1.93 bits per heavy atom. The van der Waals surface area contributed by atoms with Crippen LogP contribution in [0.25, 0.3) is 0 Å². The zero-order chi connectivity index (χ0) is 10.9. The van der Waals surface area contributed by atoms with Crippen LogP contribution in [0.4, 0.5) is 0 Å². The van der Waals surface area contributed by atoms with Crippen LogP contribution in [0.2, 0.25) is 0 Å². The number of rotatable bonds is 7. The lowest BCUT2D eigenvalue weighted by atomic mass is 10.2. The summed E-state index contributed by atoms with van der Waals surface area (Å²) in [7, 11) is 0. The number of hydrogen-bond donors (Lipinski definition) is 1. The van der Waals surface area contributed by atoms with E-state index >= 15 is 0 Å². The zero-order valence-electron chi connectivity index (χ0n) is 8.98. The molecule has 0 aliphatic heterocycles. The monoisotopic (exact) mass is 206 g/mol. The molecule has 15 heavy (non-hydrogen) atoms. The van der Waals surface area contributed by atoms with Crippen molar-refractivity contribution in [2.75, 3.05) is 13.2 Å². The Balaban J connectivity index is 2.10. The molecular formula is C13H18O2. The molecule has 0 saturated carbocycles. The van der Waals surface area contributed by atoms with Crippen LogP contribution in [0.5, 0.6) is 0 Å². The van der Waals surface area contributed by atoms with Crippen LogP contribution >= 0.6 is 0 Å². The Hall–Kier alpha value is -1.12. The summed E-state index contributed by atoms with van der Waals surface area (Å²) in [5.74, 6) is 0. The summed E-state index contributed by atoms with van der Waals surface area (Å²) in [6, 6.07) is 10.1. The Bertz CT molecular complexity index is 280. The zero-order valence-corrected chi connectivity index (χ0v) is 8.98. The maximum absolute atomic E-state index is 8.67. The molecule has 0 fully saturated rings. The van der Waals surface area contributed by atoms with Crippen LogP contribution in [-0.2, 0) is 11.3 Å². The smallest absolute Gasteiger partial charge is 0.0717 e. The first-order chi connectivity index (χ1) is 7.33. The van der Waals surface area contributed by atoms with Gasteiger partial charge in [0.1, 0.15) is 0 Å². The normalized spacial score (nSPS) is 10.2. The van der Waals surface area contributed by atoms with Gasteiger partial charge in [0.05, 0.1) is 13.2 Å². The summed E-state index contributed by atoms with van der Waals surface area (Å²) in [4.78, 5) is 0. The Morgan fingerprint density at radius 3 is 2.60 bits per heavy atom. The van der Waals surface area contributed by atoms with Crippen LogP contribution < -0.4 is 0 Å². The van der Waals surface area contributed by atoms with Gasteiger partial charge < -0.3 is 9.84 Å². The fourth-order valence-corrected chi connectivity index (χ4v) is 1.26. The van der Waals surface area contributed by atoms with Crippen molar-refractivity contribution in [3.63, 3.8) is 0 Å². The minimum atomic E-state index is 0.178. The van der Waals surface area contributed by atoms with Gasteiger partial charge in [-0.15, -0.1) is 0 Å². The van der Waals surface area contributed by atoms with Gasteiger partial charge in [0, 0.05) is 6.61 Å². The first-order valence-corrected chi connectivity index (χ1v) is 5.22. The van der Waals surface area contributed by atoms with E-state index in [0.717, 1.165) is 12.0 Å². The van der Waals surface area contributed by atoms with E-state index in [1.165, 1.54) is 5.56 Å². The second-order valence-electron chi connectivity index (χ2n) is 3.51. The fraction of sp³-hybridized carbons (Fsp3) is 0.385. The molecule has 2 nitrogen and oxygen atoms in total. The quantitative estimate of drug-likeness (QED) is 0.548. The van der Waals surface area contributed by atoms with E-state index in [1.807, 2.05) is 30.3 Å². The van der Waals surface area contributed by atoms with Gasteiger partial charge in [0.15, 0.2) is 0 Å². The SMILES string of the molecule is C=C(CCO)CCOCc1ccccc1. The first-order valence-electron chi connectivity index (χ1n) is 5.22. The summed E-state index contributed by atoms with van der Waals surface area (Å²) in [5.41, 5.74) is 2.23. The maximum Gasteiger partial charge on any atom is 0.0717 e. The van der Waals surface area contributed by atoms with E-state index in [-0.39, 0.29) is 6.61 Å². The lowest BCUT2D eigenvalue weighted by Crippen LogP contribution is -1.97. The molecule has 0 saturated heterocycles. The first kappa shape index (κ1) is 12.0. The van der Waals surface area contributed by atoms with Crippen LogP contribution in [0.15, 0.2) is 42.5 Å². The van der Waals surface area contributed by atoms with Gasteiger partial charge in [0.2, 0.25) is 0 Å². The lowest BCUT2D eigenvalue weighted by molar-refractivity contribution is 0.123. The van der Waals surface area contributed by atoms with Gasteiger partial charge in [-0.05, 0) is 18.4 Å². The van der Waals surface area contributed by atoms with Crippen molar-refractivity contribution in [2.45, 2.75) is 19.4 Å². The van der Waals surface area contributed by atoms with Crippen LogP contribution in [-0.4, -0.2) is 18.3 Å². The van der Waals surface area contributed by atoms with E-state index in [1.54, 1.807) is 0 Å². The summed E-state index contributed by atoms with van der Waals surface area (Å²) in [6.45, 7) is 5.35. The van der Waals surface area contributed by atoms with Crippen LogP contribution in [0.3, 0.4) is 0 Å². The predicted octanol–water partition coefficient (Wildman–Crippen LogP) is 2.53. The molecule has 0 spiro atoms. The largest absolute Gasteiger partial charge is 0.396 e. The van der Waals surface area contributed by atoms with Gasteiger partial charge in [-0.3, -0.25) is 0 Å². The summed E-state index contributed by atoms with van der Waals surface area (Å²) in [5, 5.41) is 8.67. The molecule has 2 heteroatoms. The van der Waals surface area contributed by atoms with Crippen LogP contribution in [0.1, 0.15) is 18.4 Å². The molecule has 0 aliphatic rings. The van der Waals surface area contributed by atoms with Crippen molar-refractivity contribution in [1.82, 2.24) is 0 Å². The molecule has 0 radical (unpaired) electrons. The molecule has 0 aliphatic carbocycles. The standard InChI is InChI=1S/C13H18O2/c1-12(7-9-14)8-10-15-11-13-5-3-2-4-6-13/h2-6,14H,1,7-11H2. The van der Waals surface area contributed by atoms with Crippen molar-refractivity contribution in [2.24, 2.45) is 0 Å². The highest BCUT2D eigenvalue weighted by Gasteiger charge is 1.95. The van der Waals surface area contributed by atoms with Crippen molar-refractivity contribution in [3.05, 3.63) is 48.0 Å². The average molecular weight is 206 g/mol. The number of aliphatic hydroxyl groups excluding tert-OH is 1. The second-order valence-corrected chi connectivity index (χ2v) is 3.51. The number of aliphatic hydroxyl groups is 1. The Labute approximate surface area is 91.2 Å². The van der Waals surface area contributed by atoms with Gasteiger partial charge in [0.25, 0.3) is 0 Å². The van der Waals surface area contributed by atoms with E-state index < -0.39 is 0 Å². The second kappa shape index (κ2) is 7.21. The summed E-state index contributed by atoms with van der Waals surface area (Å²) >= 11 is 0. The third-order valence-corrected chi connectivity index (χ3v) is 2.18. The summed E-state index contributed by atoms with van der Waals surface area (Å²) < 4.78 is 5.49. The molecule has 1 rings (SSSR count). The number of benzene rings is 1. The minimum Gasteiger partial charge on any atom is -0.396 e. The van der Waals surface area contributed by atoms with Crippen molar-refractivity contribution < 1.29 is 9.84 Å². The van der Waals surface area contributed by atoms with Crippen molar-refractivity contribution in [3.8, 4) is 0 Å². The molecule has 1 aromatic rings. The van der Waals surface area contributed by atoms with E-state index in [0.29, 0.717) is 19.6 Å². The molecular weight excluding hydrogens is 188 g/mol. The molecule has 82 valence electrons. The van der Waals surface area contributed by atoms with Gasteiger partial charge in [-0.2, -0.15) is 0 Å². The topological polar surface area (TPSA) is 29.5 Å². The lowest BCUT2D eigenvalue weighted by Gasteiger charge is -2.05. The van der Waals surface area contributed by atoms with E-state index in [2.05, 4.69) is 6.58 Å². The van der Waals surface area contributed by atoms with Crippen molar-refractivity contribution in [1.29, 1.82) is 0 Å². The molecule has 1 N–H and O–H groups in total. The highest BCUT2D eigenvalue weighted by atomic mass is 16.5. The molecule has 0 aromatic heterocycles. The molecule has 0 unspecified atom stereocenters. The molecule has 1 aromatic carbocycles. The van der Waals surface area contributed by atoms with E-state index in [4.69, 9.17) is 9.84 Å². The Kier molecular flexibility index (Phi) is 5.74. The highest BCUT2D eigenvalue weighted by molar-refractivity contribution is 5.13. The number of hydrogen-bond acceptors (Lipinski definition) is 2. The Morgan fingerprint density at radius 1 is 1.20 bits per heavy atom. The van der Waals surface area contributed by atoms with E-state index in [9.17, 15) is 0 Å². The fourth-order valence-electron chi connectivity index (χ4n) is 1.26. The van der Waals surface area contributed by atoms with Crippen molar-refractivity contribution >= 4 is 0 Å². The number of ether oxygens (including phenoxy) is 1. The van der Waals surface area contributed by atoms with Gasteiger partial charge >= 0.3 is 0 Å². The minimum absolute atomic E-state index is 0.178. The highest BCUT2D eigenvalue weighted by Crippen LogP contribution is 2.05. The van der Waals surface area contributed by atoms with Crippen LogP contribution in [0, 0.1) is 0 Å². The third-order valence-electron chi connectivity index (χ3n) is 2.18. The maximum atomic E-state index is 8.67.